The molecule has 1 aromatic rings. The molecule has 2 N–H and O–H groups in total. The van der Waals surface area contributed by atoms with Crippen LogP contribution in [0.1, 0.15) is 23.8 Å². The molecule has 0 bridgehead atoms. The van der Waals surface area contributed by atoms with Gasteiger partial charge in [0.25, 0.3) is 0 Å². The van der Waals surface area contributed by atoms with Gasteiger partial charge in [0.05, 0.1) is 17.4 Å². The van der Waals surface area contributed by atoms with Gasteiger partial charge in [-0.2, -0.15) is 0 Å². The van der Waals surface area contributed by atoms with Crippen LogP contribution < -0.4 is 10.8 Å². The second kappa shape index (κ2) is 3.30. The number of aromatic nitrogens is 1. The molecule has 1 aromatic heterocycles. The molecule has 0 aromatic carbocycles. The topological polar surface area (TPSA) is 71.1 Å². The molecule has 12 heavy (non-hydrogen) atoms. The molecule has 0 unspecified atom stereocenters. The maximum atomic E-state index is 10.5. The van der Waals surface area contributed by atoms with Crippen molar-refractivity contribution < 1.29 is 9.90 Å². The molecule has 0 spiro atoms. The summed E-state index contributed by atoms with van der Waals surface area (Å²) in [6.07, 6.45) is 2.48. The summed E-state index contributed by atoms with van der Waals surface area (Å²) in [4.78, 5) is 10.5. The molecule has 0 atom stereocenters. The fourth-order valence-corrected chi connectivity index (χ4v) is 1.13. The zero-order valence-electron chi connectivity index (χ0n) is 6.91. The van der Waals surface area contributed by atoms with Gasteiger partial charge in [-0.25, -0.2) is 0 Å². The first-order valence-electron chi connectivity index (χ1n) is 3.82. The normalized spacial score (nSPS) is 10.1. The van der Waals surface area contributed by atoms with E-state index in [0.29, 0.717) is 12.2 Å². The van der Waals surface area contributed by atoms with Crippen LogP contribution in [0, 0.1) is 0 Å². The van der Waals surface area contributed by atoms with Gasteiger partial charge in [0.15, 0.2) is 0 Å². The minimum atomic E-state index is -1.18. The lowest BCUT2D eigenvalue weighted by molar-refractivity contribution is -0.255. The number of aryl methyl sites for hydroxylation is 1. The zero-order chi connectivity index (χ0) is 9.14. The van der Waals surface area contributed by atoms with E-state index in [0.717, 1.165) is 6.42 Å². The molecule has 0 saturated heterocycles. The Morgan fingerprint density at radius 3 is 2.92 bits per heavy atom. The third kappa shape index (κ3) is 1.58. The van der Waals surface area contributed by atoms with Gasteiger partial charge in [-0.05, 0) is 12.5 Å². The Labute approximate surface area is 70.6 Å². The van der Waals surface area contributed by atoms with E-state index in [4.69, 9.17) is 5.73 Å². The maximum absolute atomic E-state index is 10.5. The Kier molecular flexibility index (Phi) is 2.38. The molecule has 0 fully saturated rings. The van der Waals surface area contributed by atoms with Crippen molar-refractivity contribution in [3.8, 4) is 0 Å². The number of carboxylic acids is 1. The molecule has 1 rings (SSSR count). The van der Waals surface area contributed by atoms with E-state index in [1.807, 2.05) is 6.92 Å². The highest BCUT2D eigenvalue weighted by Gasteiger charge is 2.02. The molecule has 0 aliphatic carbocycles. The molecule has 0 amide bonds. The number of nitrogens with two attached hydrogens (primary N) is 1. The average molecular weight is 167 g/mol. The van der Waals surface area contributed by atoms with Gasteiger partial charge in [0, 0.05) is 12.7 Å². The Morgan fingerprint density at radius 1 is 1.75 bits per heavy atom. The number of anilines is 1. The van der Waals surface area contributed by atoms with Crippen LogP contribution in [0.4, 0.5) is 5.69 Å². The molecule has 66 valence electrons. The Hall–Kier alpha value is -1.45. The summed E-state index contributed by atoms with van der Waals surface area (Å²) in [5.41, 5.74) is 6.04. The number of nitrogens with zero attached hydrogens (tertiary/aromatic N) is 1. The summed E-state index contributed by atoms with van der Waals surface area (Å²) >= 11 is 0. The summed E-state index contributed by atoms with van der Waals surface area (Å²) in [7, 11) is 0. The van der Waals surface area contributed by atoms with Crippen LogP contribution in [0.2, 0.25) is 0 Å². The minimum absolute atomic E-state index is 0.148. The third-order valence-electron chi connectivity index (χ3n) is 1.59. The molecule has 0 aliphatic rings. The Bertz CT molecular complexity index is 291. The molecular formula is C8H11N2O2-. The van der Waals surface area contributed by atoms with E-state index in [-0.39, 0.29) is 5.69 Å². The summed E-state index contributed by atoms with van der Waals surface area (Å²) in [6, 6.07) is 1.41. The highest BCUT2D eigenvalue weighted by atomic mass is 16.4. The number of carbonyl (C=O) groups is 1. The summed E-state index contributed by atoms with van der Waals surface area (Å²) in [6.45, 7) is 2.62. The Balaban J connectivity index is 2.99. The number of nitrogen functional groups attached to an aromatic ring is 1. The standard InChI is InChI=1S/C8H12N2O2/c1-2-3-10-5-6(9)4-7(10)8(11)12/h4-5H,2-3,9H2,1H3,(H,11,12)/p-1. The van der Waals surface area contributed by atoms with Gasteiger partial charge in [0.1, 0.15) is 0 Å². The maximum Gasteiger partial charge on any atom is 0.0880 e. The van der Waals surface area contributed by atoms with Crippen molar-refractivity contribution in [1.82, 2.24) is 4.57 Å². The van der Waals surface area contributed by atoms with Gasteiger partial charge in [-0.1, -0.05) is 6.92 Å². The van der Waals surface area contributed by atoms with E-state index in [1.54, 1.807) is 10.8 Å². The van der Waals surface area contributed by atoms with E-state index in [2.05, 4.69) is 0 Å². The largest absolute Gasteiger partial charge is 0.543 e. The zero-order valence-corrected chi connectivity index (χ0v) is 6.91. The number of hydrogen-bond acceptors (Lipinski definition) is 3. The predicted molar refractivity (Wildman–Crippen MR) is 43.5 cm³/mol. The minimum Gasteiger partial charge on any atom is -0.543 e. The van der Waals surface area contributed by atoms with Gasteiger partial charge in [-0.15, -0.1) is 0 Å². The van der Waals surface area contributed by atoms with Crippen LogP contribution in [0.15, 0.2) is 12.3 Å². The van der Waals surface area contributed by atoms with Crippen molar-refractivity contribution in [3.63, 3.8) is 0 Å². The highest BCUT2D eigenvalue weighted by molar-refractivity contribution is 5.85. The van der Waals surface area contributed by atoms with Crippen molar-refractivity contribution in [2.24, 2.45) is 0 Å². The lowest BCUT2D eigenvalue weighted by Crippen LogP contribution is -2.25. The van der Waals surface area contributed by atoms with Crippen LogP contribution in [0.5, 0.6) is 0 Å². The fraction of sp³-hybridized carbons (Fsp3) is 0.375. The van der Waals surface area contributed by atoms with Crippen molar-refractivity contribution in [3.05, 3.63) is 18.0 Å². The molecule has 4 nitrogen and oxygen atoms in total. The SMILES string of the molecule is CCCn1cc(N)cc1C(=O)[O-]. The fourth-order valence-electron chi connectivity index (χ4n) is 1.13. The van der Waals surface area contributed by atoms with E-state index in [1.165, 1.54) is 6.07 Å². The quantitative estimate of drug-likeness (QED) is 0.680. The van der Waals surface area contributed by atoms with Crippen LogP contribution in [0.25, 0.3) is 0 Å². The van der Waals surface area contributed by atoms with E-state index < -0.39 is 5.97 Å². The van der Waals surface area contributed by atoms with E-state index >= 15 is 0 Å². The molecule has 1 heterocycles. The molecule has 4 heteroatoms. The highest BCUT2D eigenvalue weighted by Crippen LogP contribution is 2.09. The first-order valence-corrected chi connectivity index (χ1v) is 3.82. The van der Waals surface area contributed by atoms with Crippen LogP contribution >= 0.6 is 0 Å². The van der Waals surface area contributed by atoms with Crippen molar-refractivity contribution >= 4 is 11.7 Å². The smallest absolute Gasteiger partial charge is 0.0880 e. The number of rotatable bonds is 3. The van der Waals surface area contributed by atoms with Gasteiger partial charge < -0.3 is 20.2 Å². The number of aromatic carboxylic acids is 1. The average Bonchev–Trinajstić information content (AvgIpc) is 2.32. The van der Waals surface area contributed by atoms with Crippen LogP contribution in [0.3, 0.4) is 0 Å². The monoisotopic (exact) mass is 167 g/mol. The second-order valence-electron chi connectivity index (χ2n) is 2.64. The van der Waals surface area contributed by atoms with E-state index in [9.17, 15) is 9.90 Å². The second-order valence-corrected chi connectivity index (χ2v) is 2.64. The van der Waals surface area contributed by atoms with Gasteiger partial charge in [0.2, 0.25) is 0 Å². The first-order chi connectivity index (χ1) is 5.65. The number of carbonyl (C=O) groups excluding carboxylic acids is 1. The summed E-state index contributed by atoms with van der Waals surface area (Å²) in [5.74, 6) is -1.18. The third-order valence-corrected chi connectivity index (χ3v) is 1.59. The number of hydrogen-bond donors (Lipinski definition) is 1. The van der Waals surface area contributed by atoms with Crippen molar-refractivity contribution in [2.45, 2.75) is 19.9 Å². The summed E-state index contributed by atoms with van der Waals surface area (Å²) < 4.78 is 1.59. The van der Waals surface area contributed by atoms with Crippen molar-refractivity contribution in [2.75, 3.05) is 5.73 Å². The molecule has 0 radical (unpaired) electrons. The lowest BCUT2D eigenvalue weighted by Gasteiger charge is -2.06. The Morgan fingerprint density at radius 2 is 2.42 bits per heavy atom. The van der Waals surface area contributed by atoms with Gasteiger partial charge in [-0.3, -0.25) is 0 Å². The van der Waals surface area contributed by atoms with Crippen LogP contribution in [-0.2, 0) is 6.54 Å². The van der Waals surface area contributed by atoms with Crippen molar-refractivity contribution in [1.29, 1.82) is 0 Å². The molecule has 0 saturated carbocycles. The lowest BCUT2D eigenvalue weighted by atomic mass is 10.4. The molecule has 0 aliphatic heterocycles. The molecular weight excluding hydrogens is 156 g/mol. The predicted octanol–water partition coefficient (Wildman–Crippen LogP) is -0.156. The van der Waals surface area contributed by atoms with Crippen LogP contribution in [-0.4, -0.2) is 10.5 Å². The number of carboxylic acid groups (broad SMARTS) is 1. The van der Waals surface area contributed by atoms with Gasteiger partial charge >= 0.3 is 0 Å². The summed E-state index contributed by atoms with van der Waals surface area (Å²) in [5, 5.41) is 10.5. The first kappa shape index (κ1) is 8.64.